The van der Waals surface area contributed by atoms with Gasteiger partial charge in [0.15, 0.2) is 5.69 Å². The van der Waals surface area contributed by atoms with Crippen LogP contribution in [0.1, 0.15) is 53.8 Å². The van der Waals surface area contributed by atoms with Crippen LogP contribution in [-0.2, 0) is 6.54 Å². The zero-order valence-corrected chi connectivity index (χ0v) is 19.6. The summed E-state index contributed by atoms with van der Waals surface area (Å²) >= 11 is 2.09. The van der Waals surface area contributed by atoms with E-state index < -0.39 is 0 Å². The molecule has 0 atom stereocenters. The Kier molecular flexibility index (Phi) is 6.53. The number of nitrogens with zero attached hydrogens (tertiary/aromatic N) is 5. The Bertz CT molecular complexity index is 908. The van der Waals surface area contributed by atoms with Crippen molar-refractivity contribution in [3.05, 3.63) is 35.3 Å². The number of fused-ring (bicyclic) bond motifs is 1. The summed E-state index contributed by atoms with van der Waals surface area (Å²) in [6.45, 7) is 9.32. The number of thioether (sulfide) groups is 1. The molecule has 168 valence electrons. The Labute approximate surface area is 190 Å². The maximum Gasteiger partial charge on any atom is 0.274 e. The van der Waals surface area contributed by atoms with Crippen LogP contribution in [0.25, 0.3) is 5.65 Å². The first-order valence-corrected chi connectivity index (χ1v) is 13.2. The third kappa shape index (κ3) is 4.50. The molecule has 1 amide bonds. The highest BCUT2D eigenvalue weighted by molar-refractivity contribution is 7.99. The van der Waals surface area contributed by atoms with Crippen LogP contribution in [0.4, 0.5) is 0 Å². The standard InChI is InChI=1S/C24H35N5OS/c1-19-6-5-11-29-21(22(25-23(19)29)24(30)28-9-3-2-4-10-28)18-26-12-7-20(8-13-26)27-14-16-31-17-15-27/h5-6,11,20H,2-4,7-10,12-18H2,1H3. The van der Waals surface area contributed by atoms with Gasteiger partial charge in [-0.15, -0.1) is 0 Å². The van der Waals surface area contributed by atoms with Gasteiger partial charge in [-0.2, -0.15) is 11.8 Å². The van der Waals surface area contributed by atoms with Crippen LogP contribution in [0.3, 0.4) is 0 Å². The summed E-state index contributed by atoms with van der Waals surface area (Å²) in [5.41, 5.74) is 3.80. The molecule has 3 fully saturated rings. The molecule has 3 aliphatic rings. The molecule has 0 bridgehead atoms. The van der Waals surface area contributed by atoms with Gasteiger partial charge in [0.25, 0.3) is 5.91 Å². The van der Waals surface area contributed by atoms with Crippen molar-refractivity contribution in [3.8, 4) is 0 Å². The summed E-state index contributed by atoms with van der Waals surface area (Å²) in [5.74, 6) is 2.69. The van der Waals surface area contributed by atoms with Crippen molar-refractivity contribution in [1.29, 1.82) is 0 Å². The topological polar surface area (TPSA) is 44.1 Å². The predicted molar refractivity (Wildman–Crippen MR) is 127 cm³/mol. The predicted octanol–water partition coefficient (Wildman–Crippen LogP) is 3.28. The SMILES string of the molecule is Cc1cccn2c(CN3CCC(N4CCSCC4)CC3)c(C(=O)N3CCCCC3)nc12. The fraction of sp³-hybridized carbons (Fsp3) is 0.667. The number of piperidine rings is 2. The maximum atomic E-state index is 13.4. The number of pyridine rings is 1. The Morgan fingerprint density at radius 2 is 1.81 bits per heavy atom. The van der Waals surface area contributed by atoms with Crippen molar-refractivity contribution in [2.24, 2.45) is 0 Å². The average Bonchev–Trinajstić information content (AvgIpc) is 3.20. The highest BCUT2D eigenvalue weighted by Crippen LogP contribution is 2.25. The van der Waals surface area contributed by atoms with Crippen LogP contribution in [-0.4, -0.2) is 86.8 Å². The number of hydrogen-bond donors (Lipinski definition) is 0. The van der Waals surface area contributed by atoms with E-state index in [0.29, 0.717) is 5.69 Å². The van der Waals surface area contributed by atoms with Crippen LogP contribution in [0.2, 0.25) is 0 Å². The van der Waals surface area contributed by atoms with Crippen LogP contribution in [0, 0.1) is 6.92 Å². The number of carbonyl (C=O) groups excluding carboxylic acids is 1. The molecule has 6 nitrogen and oxygen atoms in total. The summed E-state index contributed by atoms with van der Waals surface area (Å²) in [4.78, 5) is 25.6. The van der Waals surface area contributed by atoms with Crippen molar-refractivity contribution < 1.29 is 4.79 Å². The highest BCUT2D eigenvalue weighted by Gasteiger charge is 2.29. The molecule has 0 saturated carbocycles. The minimum absolute atomic E-state index is 0.124. The van der Waals surface area contributed by atoms with Gasteiger partial charge in [-0.1, -0.05) is 6.07 Å². The first kappa shape index (κ1) is 21.3. The van der Waals surface area contributed by atoms with E-state index in [-0.39, 0.29) is 5.91 Å². The fourth-order valence-corrected chi connectivity index (χ4v) is 6.35. The maximum absolute atomic E-state index is 13.4. The molecule has 0 aromatic carbocycles. The van der Waals surface area contributed by atoms with Crippen LogP contribution in [0.15, 0.2) is 18.3 Å². The number of aryl methyl sites for hydroxylation is 1. The van der Waals surface area contributed by atoms with E-state index in [2.05, 4.69) is 51.2 Å². The number of carbonyl (C=O) groups is 1. The lowest BCUT2D eigenvalue weighted by molar-refractivity contribution is 0.0714. The molecule has 0 unspecified atom stereocenters. The number of hydrogen-bond acceptors (Lipinski definition) is 5. The van der Waals surface area contributed by atoms with Gasteiger partial charge >= 0.3 is 0 Å². The van der Waals surface area contributed by atoms with Gasteiger partial charge in [0.2, 0.25) is 0 Å². The van der Waals surface area contributed by atoms with E-state index in [9.17, 15) is 4.79 Å². The van der Waals surface area contributed by atoms with Crippen LogP contribution < -0.4 is 0 Å². The lowest BCUT2D eigenvalue weighted by Gasteiger charge is -2.40. The van der Waals surface area contributed by atoms with Crippen LogP contribution in [0.5, 0.6) is 0 Å². The molecular weight excluding hydrogens is 406 g/mol. The van der Waals surface area contributed by atoms with Crippen molar-refractivity contribution in [1.82, 2.24) is 24.1 Å². The van der Waals surface area contributed by atoms with Gasteiger partial charge in [0.1, 0.15) is 5.65 Å². The number of rotatable bonds is 4. The molecule has 0 N–H and O–H groups in total. The molecule has 2 aromatic heterocycles. The molecule has 2 aromatic rings. The molecule has 0 spiro atoms. The third-order valence-electron chi connectivity index (χ3n) is 7.28. The summed E-state index contributed by atoms with van der Waals surface area (Å²) in [6, 6.07) is 4.89. The third-order valence-corrected chi connectivity index (χ3v) is 8.23. The highest BCUT2D eigenvalue weighted by atomic mass is 32.2. The van der Waals surface area contributed by atoms with Gasteiger partial charge < -0.3 is 9.30 Å². The summed E-state index contributed by atoms with van der Waals surface area (Å²) < 4.78 is 2.17. The summed E-state index contributed by atoms with van der Waals surface area (Å²) in [5, 5.41) is 0. The quantitative estimate of drug-likeness (QED) is 0.729. The van der Waals surface area contributed by atoms with Gasteiger partial charge in [0, 0.05) is 69.6 Å². The van der Waals surface area contributed by atoms with Crippen LogP contribution >= 0.6 is 11.8 Å². The Balaban J connectivity index is 1.35. The lowest BCUT2D eigenvalue weighted by atomic mass is 10.0. The Hall–Kier alpha value is -1.57. The molecule has 0 aliphatic carbocycles. The fourth-order valence-electron chi connectivity index (χ4n) is 5.42. The molecular formula is C24H35N5OS. The van der Waals surface area contributed by atoms with Crippen molar-refractivity contribution >= 4 is 23.3 Å². The van der Waals surface area contributed by atoms with E-state index in [1.54, 1.807) is 0 Å². The van der Waals surface area contributed by atoms with Crippen molar-refractivity contribution in [2.45, 2.75) is 51.6 Å². The second kappa shape index (κ2) is 9.51. The smallest absolute Gasteiger partial charge is 0.274 e. The average molecular weight is 442 g/mol. The molecule has 7 heteroatoms. The molecule has 0 radical (unpaired) electrons. The lowest BCUT2D eigenvalue weighted by Crippen LogP contribution is -2.47. The van der Waals surface area contributed by atoms with Gasteiger partial charge in [-0.3, -0.25) is 14.6 Å². The summed E-state index contributed by atoms with van der Waals surface area (Å²) in [7, 11) is 0. The number of aromatic nitrogens is 2. The van der Waals surface area contributed by atoms with E-state index in [1.807, 2.05) is 4.90 Å². The zero-order valence-electron chi connectivity index (χ0n) is 18.8. The Morgan fingerprint density at radius 1 is 1.06 bits per heavy atom. The molecule has 31 heavy (non-hydrogen) atoms. The van der Waals surface area contributed by atoms with Crippen molar-refractivity contribution in [3.63, 3.8) is 0 Å². The zero-order chi connectivity index (χ0) is 21.2. The van der Waals surface area contributed by atoms with Crippen molar-refractivity contribution in [2.75, 3.05) is 50.8 Å². The largest absolute Gasteiger partial charge is 0.337 e. The first-order valence-electron chi connectivity index (χ1n) is 12.0. The van der Waals surface area contributed by atoms with E-state index in [4.69, 9.17) is 4.98 Å². The number of likely N-dealkylation sites (tertiary alicyclic amines) is 2. The first-order chi connectivity index (χ1) is 15.2. The second-order valence-electron chi connectivity index (χ2n) is 9.30. The molecule has 5 heterocycles. The normalized spacial score (nSPS) is 22.3. The van der Waals surface area contributed by atoms with E-state index >= 15 is 0 Å². The molecule has 3 aliphatic heterocycles. The minimum Gasteiger partial charge on any atom is -0.337 e. The molecule has 3 saturated heterocycles. The number of imidazole rings is 1. The number of amides is 1. The molecule has 5 rings (SSSR count). The summed E-state index contributed by atoms with van der Waals surface area (Å²) in [6.07, 6.45) is 7.99. The monoisotopic (exact) mass is 441 g/mol. The van der Waals surface area contributed by atoms with Gasteiger partial charge in [-0.25, -0.2) is 4.98 Å². The van der Waals surface area contributed by atoms with E-state index in [0.717, 1.165) is 68.5 Å². The Morgan fingerprint density at radius 3 is 2.55 bits per heavy atom. The second-order valence-corrected chi connectivity index (χ2v) is 10.5. The van der Waals surface area contributed by atoms with E-state index in [1.165, 1.54) is 43.9 Å². The van der Waals surface area contributed by atoms with Gasteiger partial charge in [-0.05, 0) is 50.7 Å². The minimum atomic E-state index is 0.124. The van der Waals surface area contributed by atoms with Gasteiger partial charge in [0.05, 0.1) is 5.69 Å².